The van der Waals surface area contributed by atoms with Gasteiger partial charge in [-0.05, 0) is 26.0 Å². The van der Waals surface area contributed by atoms with Gasteiger partial charge >= 0.3 is 0 Å². The highest BCUT2D eigenvalue weighted by Crippen LogP contribution is 2.17. The molecule has 3 nitrogen and oxygen atoms in total. The fourth-order valence-corrected chi connectivity index (χ4v) is 2.92. The van der Waals surface area contributed by atoms with Crippen molar-refractivity contribution in [2.24, 2.45) is 0 Å². The van der Waals surface area contributed by atoms with Crippen LogP contribution in [0.3, 0.4) is 0 Å². The van der Waals surface area contributed by atoms with E-state index in [4.69, 9.17) is 0 Å². The second kappa shape index (κ2) is 6.97. The van der Waals surface area contributed by atoms with Crippen molar-refractivity contribution < 1.29 is 5.11 Å². The van der Waals surface area contributed by atoms with Crippen LogP contribution in [0.5, 0.6) is 0 Å². The van der Waals surface area contributed by atoms with E-state index >= 15 is 0 Å². The van der Waals surface area contributed by atoms with Crippen molar-refractivity contribution in [1.29, 1.82) is 0 Å². The third kappa shape index (κ3) is 4.13. The molecule has 0 amide bonds. The number of aryl methyl sites for hydroxylation is 2. The van der Waals surface area contributed by atoms with Gasteiger partial charge in [0, 0.05) is 17.6 Å². The number of hydrogen-bond acceptors (Lipinski definition) is 4. The minimum absolute atomic E-state index is 0.448. The first-order valence-corrected chi connectivity index (χ1v) is 7.84. The van der Waals surface area contributed by atoms with Crippen molar-refractivity contribution in [2.45, 2.75) is 33.4 Å². The minimum atomic E-state index is -0.448. The Morgan fingerprint density at radius 3 is 2.50 bits per heavy atom. The maximum Gasteiger partial charge on any atom is 0.107 e. The van der Waals surface area contributed by atoms with E-state index in [0.717, 1.165) is 29.4 Å². The monoisotopic (exact) mass is 290 g/mol. The van der Waals surface area contributed by atoms with Crippen LogP contribution in [-0.4, -0.2) is 28.1 Å². The summed E-state index contributed by atoms with van der Waals surface area (Å²) in [6, 6.07) is 8.08. The van der Waals surface area contributed by atoms with Gasteiger partial charge in [-0.25, -0.2) is 4.98 Å². The van der Waals surface area contributed by atoms with E-state index in [1.165, 1.54) is 5.56 Å². The maximum atomic E-state index is 10.3. The molecule has 20 heavy (non-hydrogen) atoms. The lowest BCUT2D eigenvalue weighted by molar-refractivity contribution is 0.112. The van der Waals surface area contributed by atoms with E-state index in [1.807, 2.05) is 31.2 Å². The molecule has 0 bridgehead atoms. The van der Waals surface area contributed by atoms with Crippen LogP contribution in [0.15, 0.2) is 29.6 Å². The Kier molecular flexibility index (Phi) is 5.29. The maximum absolute atomic E-state index is 10.3. The Bertz CT molecular complexity index is 536. The van der Waals surface area contributed by atoms with E-state index in [9.17, 15) is 5.11 Å². The fourth-order valence-electron chi connectivity index (χ4n) is 2.11. The third-order valence-electron chi connectivity index (χ3n) is 3.37. The molecule has 1 aromatic carbocycles. The zero-order chi connectivity index (χ0) is 14.5. The van der Waals surface area contributed by atoms with Crippen LogP contribution in [-0.2, 0) is 6.54 Å². The number of likely N-dealkylation sites (N-methyl/N-ethyl adjacent to an activating group) is 1. The second-order valence-electron chi connectivity index (χ2n) is 5.14. The van der Waals surface area contributed by atoms with Crippen molar-refractivity contribution in [3.05, 3.63) is 51.5 Å². The molecule has 0 saturated heterocycles. The zero-order valence-electron chi connectivity index (χ0n) is 12.3. The number of aliphatic hydroxyl groups is 1. The molecule has 0 saturated carbocycles. The molecular formula is C16H22N2OS. The molecule has 1 unspecified atom stereocenters. The van der Waals surface area contributed by atoms with Crippen LogP contribution in [0, 0.1) is 13.8 Å². The Morgan fingerprint density at radius 1 is 1.25 bits per heavy atom. The zero-order valence-corrected chi connectivity index (χ0v) is 13.2. The first-order chi connectivity index (χ1) is 9.58. The van der Waals surface area contributed by atoms with Gasteiger partial charge in [0.25, 0.3) is 0 Å². The molecule has 2 rings (SSSR count). The number of nitrogens with zero attached hydrogens (tertiary/aromatic N) is 2. The Hall–Kier alpha value is -1.23. The summed E-state index contributed by atoms with van der Waals surface area (Å²) >= 11 is 1.68. The molecule has 0 radical (unpaired) electrons. The summed E-state index contributed by atoms with van der Waals surface area (Å²) < 4.78 is 0. The second-order valence-corrected chi connectivity index (χ2v) is 6.08. The van der Waals surface area contributed by atoms with E-state index in [0.29, 0.717) is 6.54 Å². The van der Waals surface area contributed by atoms with E-state index < -0.39 is 6.10 Å². The quantitative estimate of drug-likeness (QED) is 0.886. The van der Waals surface area contributed by atoms with E-state index in [1.54, 1.807) is 11.3 Å². The van der Waals surface area contributed by atoms with Crippen LogP contribution >= 0.6 is 11.3 Å². The van der Waals surface area contributed by atoms with E-state index in [2.05, 4.69) is 29.1 Å². The molecule has 0 fully saturated rings. The lowest BCUT2D eigenvalue weighted by atomic mass is 10.1. The predicted octanol–water partition coefficient (Wildman–Crippen LogP) is 3.32. The van der Waals surface area contributed by atoms with Gasteiger partial charge in [-0.3, -0.25) is 4.90 Å². The van der Waals surface area contributed by atoms with Crippen molar-refractivity contribution in [2.75, 3.05) is 13.1 Å². The van der Waals surface area contributed by atoms with Gasteiger partial charge in [-0.1, -0.05) is 36.8 Å². The number of aromatic nitrogens is 1. The summed E-state index contributed by atoms with van der Waals surface area (Å²) in [5, 5.41) is 13.5. The van der Waals surface area contributed by atoms with Crippen LogP contribution in [0.2, 0.25) is 0 Å². The molecule has 1 heterocycles. The topological polar surface area (TPSA) is 36.4 Å². The molecular weight excluding hydrogens is 268 g/mol. The normalized spacial score (nSPS) is 12.8. The largest absolute Gasteiger partial charge is 0.387 e. The highest BCUT2D eigenvalue weighted by Gasteiger charge is 2.14. The lowest BCUT2D eigenvalue weighted by Gasteiger charge is -2.22. The molecule has 0 aliphatic heterocycles. The van der Waals surface area contributed by atoms with E-state index in [-0.39, 0.29) is 0 Å². The first kappa shape index (κ1) is 15.2. The number of benzene rings is 1. The lowest BCUT2D eigenvalue weighted by Crippen LogP contribution is -2.28. The SMILES string of the molecule is CCN(Cc1nc(C)cs1)CC(O)c1ccc(C)cc1. The number of rotatable bonds is 6. The van der Waals surface area contributed by atoms with Crippen molar-refractivity contribution in [3.8, 4) is 0 Å². The summed E-state index contributed by atoms with van der Waals surface area (Å²) in [6.07, 6.45) is -0.448. The van der Waals surface area contributed by atoms with Crippen LogP contribution < -0.4 is 0 Å². The standard InChI is InChI=1S/C16H22N2OS/c1-4-18(10-16-17-13(3)11-20-16)9-15(19)14-7-5-12(2)6-8-14/h5-8,11,15,19H,4,9-10H2,1-3H3. The molecule has 1 N–H and O–H groups in total. The van der Waals surface area contributed by atoms with Crippen LogP contribution in [0.25, 0.3) is 0 Å². The van der Waals surface area contributed by atoms with Gasteiger partial charge in [0.2, 0.25) is 0 Å². The molecule has 2 aromatic rings. The van der Waals surface area contributed by atoms with Gasteiger partial charge in [0.15, 0.2) is 0 Å². The molecule has 1 aromatic heterocycles. The molecule has 0 aliphatic carbocycles. The minimum Gasteiger partial charge on any atom is -0.387 e. The van der Waals surface area contributed by atoms with Gasteiger partial charge in [-0.2, -0.15) is 0 Å². The van der Waals surface area contributed by atoms with Gasteiger partial charge in [-0.15, -0.1) is 11.3 Å². The van der Waals surface area contributed by atoms with Crippen molar-refractivity contribution in [1.82, 2.24) is 9.88 Å². The van der Waals surface area contributed by atoms with Crippen molar-refractivity contribution in [3.63, 3.8) is 0 Å². The molecule has 4 heteroatoms. The van der Waals surface area contributed by atoms with Crippen LogP contribution in [0.1, 0.15) is 34.9 Å². The Labute approximate surface area is 124 Å². The summed E-state index contributed by atoms with van der Waals surface area (Å²) in [5.41, 5.74) is 3.26. The highest BCUT2D eigenvalue weighted by atomic mass is 32.1. The highest BCUT2D eigenvalue weighted by molar-refractivity contribution is 7.09. The molecule has 0 aliphatic rings. The van der Waals surface area contributed by atoms with Crippen LogP contribution in [0.4, 0.5) is 0 Å². The average molecular weight is 290 g/mol. The third-order valence-corrected chi connectivity index (χ3v) is 4.32. The van der Waals surface area contributed by atoms with Gasteiger partial charge < -0.3 is 5.11 Å². The summed E-state index contributed by atoms with van der Waals surface area (Å²) in [5.74, 6) is 0. The first-order valence-electron chi connectivity index (χ1n) is 6.96. The smallest absolute Gasteiger partial charge is 0.107 e. The number of thiazole rings is 1. The Balaban J connectivity index is 1.96. The molecule has 108 valence electrons. The molecule has 0 spiro atoms. The van der Waals surface area contributed by atoms with Gasteiger partial charge in [0.05, 0.1) is 12.6 Å². The molecule has 1 atom stereocenters. The average Bonchev–Trinajstić information content (AvgIpc) is 2.84. The summed E-state index contributed by atoms with van der Waals surface area (Å²) in [7, 11) is 0. The van der Waals surface area contributed by atoms with Crippen molar-refractivity contribution >= 4 is 11.3 Å². The fraction of sp³-hybridized carbons (Fsp3) is 0.438. The number of hydrogen-bond donors (Lipinski definition) is 1. The summed E-state index contributed by atoms with van der Waals surface area (Å²) in [4.78, 5) is 6.71. The predicted molar refractivity (Wildman–Crippen MR) is 83.9 cm³/mol. The Morgan fingerprint density at radius 2 is 1.95 bits per heavy atom. The summed E-state index contributed by atoms with van der Waals surface area (Å²) in [6.45, 7) is 8.52. The van der Waals surface area contributed by atoms with Gasteiger partial charge in [0.1, 0.15) is 5.01 Å². The number of aliphatic hydroxyl groups excluding tert-OH is 1.